The zero-order valence-corrected chi connectivity index (χ0v) is 13.8. The van der Waals surface area contributed by atoms with Crippen LogP contribution in [-0.4, -0.2) is 54.1 Å². The molecule has 1 N–H and O–H groups in total. The van der Waals surface area contributed by atoms with E-state index in [9.17, 15) is 4.79 Å². The number of urea groups is 1. The van der Waals surface area contributed by atoms with Crippen LogP contribution in [-0.2, 0) is 12.8 Å². The first-order valence-electron chi connectivity index (χ1n) is 9.16. The molecule has 2 fully saturated rings. The normalized spacial score (nSPS) is 27.9. The molecule has 2 unspecified atom stereocenters. The second-order valence-corrected chi connectivity index (χ2v) is 7.29. The van der Waals surface area contributed by atoms with Gasteiger partial charge in [-0.2, -0.15) is 0 Å². The van der Waals surface area contributed by atoms with Crippen molar-refractivity contribution in [2.24, 2.45) is 0 Å². The number of hydrogen-bond donors (Lipinski definition) is 1. The Morgan fingerprint density at radius 3 is 2.65 bits per heavy atom. The molecule has 23 heavy (non-hydrogen) atoms. The highest BCUT2D eigenvalue weighted by Gasteiger charge is 2.32. The average molecular weight is 313 g/mol. The standard InChI is InChI=1S/C19H27N3O/c23-19(22-12-9-18(14-22)21-10-3-4-11-21)20-17-8-7-15-5-1-2-6-16(15)13-17/h1-2,5-6,17-18H,3-4,7-14H2,(H,20,23). The number of likely N-dealkylation sites (tertiary alicyclic amines) is 2. The van der Waals surface area contributed by atoms with E-state index in [0.29, 0.717) is 12.1 Å². The fourth-order valence-corrected chi connectivity index (χ4v) is 4.42. The molecule has 4 rings (SSSR count). The van der Waals surface area contributed by atoms with Crippen molar-refractivity contribution in [3.63, 3.8) is 0 Å². The van der Waals surface area contributed by atoms with Gasteiger partial charge in [0.15, 0.2) is 0 Å². The highest BCUT2D eigenvalue weighted by molar-refractivity contribution is 5.75. The number of carbonyl (C=O) groups excluding carboxylic acids is 1. The molecule has 2 atom stereocenters. The highest BCUT2D eigenvalue weighted by atomic mass is 16.2. The van der Waals surface area contributed by atoms with Crippen molar-refractivity contribution in [1.82, 2.24) is 15.1 Å². The molecule has 1 aromatic rings. The third kappa shape index (κ3) is 3.23. The van der Waals surface area contributed by atoms with Gasteiger partial charge in [0, 0.05) is 25.2 Å². The molecular weight excluding hydrogens is 286 g/mol. The number of hydrogen-bond acceptors (Lipinski definition) is 2. The van der Waals surface area contributed by atoms with E-state index >= 15 is 0 Å². The van der Waals surface area contributed by atoms with Crippen LogP contribution in [0.5, 0.6) is 0 Å². The summed E-state index contributed by atoms with van der Waals surface area (Å²) in [6, 6.07) is 9.67. The fourth-order valence-electron chi connectivity index (χ4n) is 4.42. The average Bonchev–Trinajstić information content (AvgIpc) is 3.26. The Balaban J connectivity index is 1.31. The van der Waals surface area contributed by atoms with E-state index < -0.39 is 0 Å². The van der Waals surface area contributed by atoms with Crippen molar-refractivity contribution < 1.29 is 4.79 Å². The smallest absolute Gasteiger partial charge is 0.317 e. The van der Waals surface area contributed by atoms with E-state index in [2.05, 4.69) is 34.5 Å². The van der Waals surface area contributed by atoms with Crippen LogP contribution in [0, 0.1) is 0 Å². The molecule has 4 heteroatoms. The Labute approximate surface area is 138 Å². The second-order valence-electron chi connectivity index (χ2n) is 7.29. The predicted molar refractivity (Wildman–Crippen MR) is 91.6 cm³/mol. The van der Waals surface area contributed by atoms with Gasteiger partial charge in [0.25, 0.3) is 0 Å². The molecular formula is C19H27N3O. The van der Waals surface area contributed by atoms with Crippen molar-refractivity contribution in [2.45, 2.75) is 50.6 Å². The number of amides is 2. The summed E-state index contributed by atoms with van der Waals surface area (Å²) in [7, 11) is 0. The number of nitrogens with one attached hydrogen (secondary N) is 1. The van der Waals surface area contributed by atoms with Gasteiger partial charge < -0.3 is 10.2 Å². The van der Waals surface area contributed by atoms with E-state index in [1.807, 2.05) is 4.90 Å². The lowest BCUT2D eigenvalue weighted by atomic mass is 9.88. The van der Waals surface area contributed by atoms with E-state index in [-0.39, 0.29) is 6.03 Å². The molecule has 1 aliphatic carbocycles. The van der Waals surface area contributed by atoms with Crippen molar-refractivity contribution in [1.29, 1.82) is 0 Å². The van der Waals surface area contributed by atoms with Crippen LogP contribution >= 0.6 is 0 Å². The lowest BCUT2D eigenvalue weighted by Gasteiger charge is -2.28. The minimum Gasteiger partial charge on any atom is -0.335 e. The van der Waals surface area contributed by atoms with Crippen molar-refractivity contribution in [2.75, 3.05) is 26.2 Å². The zero-order valence-electron chi connectivity index (χ0n) is 13.8. The molecule has 2 aliphatic heterocycles. The molecule has 0 saturated carbocycles. The van der Waals surface area contributed by atoms with Crippen molar-refractivity contribution in [3.05, 3.63) is 35.4 Å². The molecule has 4 nitrogen and oxygen atoms in total. The molecule has 1 aromatic carbocycles. The van der Waals surface area contributed by atoms with Gasteiger partial charge in [-0.3, -0.25) is 4.90 Å². The van der Waals surface area contributed by atoms with Gasteiger partial charge in [-0.1, -0.05) is 24.3 Å². The molecule has 0 aromatic heterocycles. The zero-order chi connectivity index (χ0) is 15.6. The first-order chi connectivity index (χ1) is 11.3. The van der Waals surface area contributed by atoms with Gasteiger partial charge in [-0.25, -0.2) is 4.79 Å². The first kappa shape index (κ1) is 15.0. The molecule has 2 saturated heterocycles. The Bertz CT molecular complexity index is 567. The summed E-state index contributed by atoms with van der Waals surface area (Å²) in [5.74, 6) is 0. The molecule has 3 aliphatic rings. The molecule has 0 bridgehead atoms. The first-order valence-corrected chi connectivity index (χ1v) is 9.16. The quantitative estimate of drug-likeness (QED) is 0.910. The number of nitrogens with zero attached hydrogens (tertiary/aromatic N) is 2. The molecule has 0 radical (unpaired) electrons. The van der Waals surface area contributed by atoms with Gasteiger partial charge in [-0.05, 0) is 62.7 Å². The van der Waals surface area contributed by atoms with E-state index in [1.165, 1.54) is 37.1 Å². The third-order valence-corrected chi connectivity index (χ3v) is 5.78. The Morgan fingerprint density at radius 1 is 1.04 bits per heavy atom. The lowest BCUT2D eigenvalue weighted by Crippen LogP contribution is -2.47. The highest BCUT2D eigenvalue weighted by Crippen LogP contribution is 2.23. The molecule has 124 valence electrons. The molecule has 2 heterocycles. The summed E-state index contributed by atoms with van der Waals surface area (Å²) in [4.78, 5) is 17.2. The largest absolute Gasteiger partial charge is 0.335 e. The number of aryl methyl sites for hydroxylation is 1. The van der Waals surface area contributed by atoms with Gasteiger partial charge >= 0.3 is 6.03 Å². The van der Waals surface area contributed by atoms with Crippen LogP contribution in [0.25, 0.3) is 0 Å². The number of benzene rings is 1. The van der Waals surface area contributed by atoms with Crippen LogP contribution in [0.3, 0.4) is 0 Å². The number of rotatable bonds is 2. The fraction of sp³-hybridized carbons (Fsp3) is 0.632. The van der Waals surface area contributed by atoms with Crippen LogP contribution in [0.4, 0.5) is 4.79 Å². The van der Waals surface area contributed by atoms with Gasteiger partial charge in [0.2, 0.25) is 0 Å². The van der Waals surface area contributed by atoms with Crippen LogP contribution < -0.4 is 5.32 Å². The summed E-state index contributed by atoms with van der Waals surface area (Å²) in [6.07, 6.45) is 6.91. The summed E-state index contributed by atoms with van der Waals surface area (Å²) < 4.78 is 0. The van der Waals surface area contributed by atoms with Crippen LogP contribution in [0.2, 0.25) is 0 Å². The lowest BCUT2D eigenvalue weighted by molar-refractivity contribution is 0.194. The maximum Gasteiger partial charge on any atom is 0.317 e. The Hall–Kier alpha value is -1.55. The second kappa shape index (κ2) is 6.52. The molecule has 0 spiro atoms. The number of fused-ring (bicyclic) bond motifs is 1. The van der Waals surface area contributed by atoms with Crippen molar-refractivity contribution >= 4 is 6.03 Å². The SMILES string of the molecule is O=C(NC1CCc2ccccc2C1)N1CCC(N2CCCC2)C1. The molecule has 2 amide bonds. The van der Waals surface area contributed by atoms with E-state index in [4.69, 9.17) is 0 Å². The monoisotopic (exact) mass is 313 g/mol. The van der Waals surface area contributed by atoms with Gasteiger partial charge in [0.05, 0.1) is 0 Å². The van der Waals surface area contributed by atoms with E-state index in [0.717, 1.165) is 38.8 Å². The Morgan fingerprint density at radius 2 is 1.83 bits per heavy atom. The Kier molecular flexibility index (Phi) is 4.25. The van der Waals surface area contributed by atoms with Crippen molar-refractivity contribution in [3.8, 4) is 0 Å². The summed E-state index contributed by atoms with van der Waals surface area (Å²) in [5.41, 5.74) is 2.86. The topological polar surface area (TPSA) is 35.6 Å². The van der Waals surface area contributed by atoms with E-state index in [1.54, 1.807) is 0 Å². The van der Waals surface area contributed by atoms with Gasteiger partial charge in [-0.15, -0.1) is 0 Å². The summed E-state index contributed by atoms with van der Waals surface area (Å²) in [5, 5.41) is 3.28. The third-order valence-electron chi connectivity index (χ3n) is 5.78. The summed E-state index contributed by atoms with van der Waals surface area (Å²) in [6.45, 7) is 4.27. The predicted octanol–water partition coefficient (Wildman–Crippen LogP) is 2.42. The maximum absolute atomic E-state index is 12.6. The maximum atomic E-state index is 12.6. The van der Waals surface area contributed by atoms with Gasteiger partial charge in [0.1, 0.15) is 0 Å². The van der Waals surface area contributed by atoms with Crippen LogP contribution in [0.15, 0.2) is 24.3 Å². The summed E-state index contributed by atoms with van der Waals surface area (Å²) >= 11 is 0. The minimum absolute atomic E-state index is 0.149. The number of carbonyl (C=O) groups is 1. The van der Waals surface area contributed by atoms with Crippen LogP contribution in [0.1, 0.15) is 36.8 Å². The minimum atomic E-state index is 0.149.